The van der Waals surface area contributed by atoms with Crippen molar-refractivity contribution in [3.05, 3.63) is 36.9 Å². The number of anilines is 2. The molecule has 2 rings (SSSR count). The van der Waals surface area contributed by atoms with E-state index in [1.165, 1.54) is 6.92 Å². The minimum absolute atomic E-state index is 0.0212. The van der Waals surface area contributed by atoms with E-state index < -0.39 is 0 Å². The van der Waals surface area contributed by atoms with E-state index in [1.54, 1.807) is 30.3 Å². The summed E-state index contributed by atoms with van der Waals surface area (Å²) in [6.07, 6.45) is 4.48. The number of carbonyl (C=O) groups is 3. The quantitative estimate of drug-likeness (QED) is 0.694. The van der Waals surface area contributed by atoms with Crippen molar-refractivity contribution in [1.82, 2.24) is 5.32 Å². The first-order valence-electron chi connectivity index (χ1n) is 8.56. The molecule has 3 amide bonds. The van der Waals surface area contributed by atoms with E-state index in [1.807, 2.05) is 0 Å². The minimum Gasteiger partial charge on any atom is -0.352 e. The molecule has 0 aliphatic heterocycles. The van der Waals surface area contributed by atoms with Crippen LogP contribution in [0.3, 0.4) is 0 Å². The number of hydrogen-bond acceptors (Lipinski definition) is 3. The zero-order chi connectivity index (χ0) is 18.2. The van der Waals surface area contributed by atoms with Crippen molar-refractivity contribution >= 4 is 29.1 Å². The van der Waals surface area contributed by atoms with Crippen LogP contribution in [0.15, 0.2) is 36.9 Å². The fourth-order valence-electron chi connectivity index (χ4n) is 3.06. The van der Waals surface area contributed by atoms with Gasteiger partial charge in [0, 0.05) is 36.7 Å². The summed E-state index contributed by atoms with van der Waals surface area (Å²) < 4.78 is 0. The molecule has 6 nitrogen and oxygen atoms in total. The predicted molar refractivity (Wildman–Crippen MR) is 98.0 cm³/mol. The summed E-state index contributed by atoms with van der Waals surface area (Å²) in [6, 6.07) is 7.07. The van der Waals surface area contributed by atoms with Crippen LogP contribution in [0.25, 0.3) is 0 Å². The molecule has 0 heterocycles. The van der Waals surface area contributed by atoms with E-state index in [0.29, 0.717) is 43.6 Å². The van der Waals surface area contributed by atoms with Crippen molar-refractivity contribution in [2.75, 3.05) is 17.2 Å². The molecule has 1 saturated carbocycles. The molecule has 6 heteroatoms. The fraction of sp³-hybridized carbons (Fsp3) is 0.421. The number of amides is 3. The number of carbonyl (C=O) groups excluding carboxylic acids is 3. The van der Waals surface area contributed by atoms with Gasteiger partial charge in [0.15, 0.2) is 0 Å². The van der Waals surface area contributed by atoms with E-state index in [2.05, 4.69) is 22.5 Å². The van der Waals surface area contributed by atoms with Crippen LogP contribution in [-0.2, 0) is 14.4 Å². The van der Waals surface area contributed by atoms with Crippen molar-refractivity contribution in [3.63, 3.8) is 0 Å². The van der Waals surface area contributed by atoms with E-state index >= 15 is 0 Å². The second kappa shape index (κ2) is 9.01. The fourth-order valence-corrected chi connectivity index (χ4v) is 3.06. The first-order valence-corrected chi connectivity index (χ1v) is 8.56. The summed E-state index contributed by atoms with van der Waals surface area (Å²) in [5, 5.41) is 8.41. The van der Waals surface area contributed by atoms with Crippen molar-refractivity contribution < 1.29 is 14.4 Å². The Morgan fingerprint density at radius 1 is 1.04 bits per heavy atom. The van der Waals surface area contributed by atoms with Gasteiger partial charge in [-0.15, -0.1) is 6.58 Å². The number of rotatable bonds is 6. The SMILES string of the molecule is C=CCNC(=O)C1CCC(C(=O)Nc2cccc(NC(C)=O)c2)CC1. The highest BCUT2D eigenvalue weighted by atomic mass is 16.2. The molecule has 25 heavy (non-hydrogen) atoms. The average molecular weight is 343 g/mol. The highest BCUT2D eigenvalue weighted by Gasteiger charge is 2.29. The molecule has 1 fully saturated rings. The zero-order valence-corrected chi connectivity index (χ0v) is 14.5. The third-order valence-corrected chi connectivity index (χ3v) is 4.34. The molecular formula is C19H25N3O3. The van der Waals surface area contributed by atoms with E-state index in [0.717, 1.165) is 0 Å². The monoisotopic (exact) mass is 343 g/mol. The molecule has 134 valence electrons. The van der Waals surface area contributed by atoms with Gasteiger partial charge in [0.1, 0.15) is 0 Å². The lowest BCUT2D eigenvalue weighted by atomic mass is 9.81. The molecule has 1 aliphatic carbocycles. The molecule has 3 N–H and O–H groups in total. The molecule has 0 spiro atoms. The van der Waals surface area contributed by atoms with Gasteiger partial charge in [0.25, 0.3) is 0 Å². The summed E-state index contributed by atoms with van der Waals surface area (Å²) in [7, 11) is 0. The maximum atomic E-state index is 12.4. The van der Waals surface area contributed by atoms with Gasteiger partial charge in [0.05, 0.1) is 0 Å². The van der Waals surface area contributed by atoms with Crippen LogP contribution in [0.2, 0.25) is 0 Å². The van der Waals surface area contributed by atoms with Crippen LogP contribution in [-0.4, -0.2) is 24.3 Å². The molecule has 0 unspecified atom stereocenters. The maximum Gasteiger partial charge on any atom is 0.227 e. The summed E-state index contributed by atoms with van der Waals surface area (Å²) in [6.45, 7) is 5.50. The van der Waals surface area contributed by atoms with Crippen LogP contribution in [0.1, 0.15) is 32.6 Å². The van der Waals surface area contributed by atoms with Gasteiger partial charge in [-0.1, -0.05) is 12.1 Å². The van der Waals surface area contributed by atoms with Gasteiger partial charge in [-0.2, -0.15) is 0 Å². The second-order valence-corrected chi connectivity index (χ2v) is 6.33. The van der Waals surface area contributed by atoms with Gasteiger partial charge in [-0.25, -0.2) is 0 Å². The Hall–Kier alpha value is -2.63. The molecule has 0 atom stereocenters. The van der Waals surface area contributed by atoms with Gasteiger partial charge in [-0.05, 0) is 43.9 Å². The average Bonchev–Trinajstić information content (AvgIpc) is 2.59. The van der Waals surface area contributed by atoms with Gasteiger partial charge in [0.2, 0.25) is 17.7 Å². The Morgan fingerprint density at radius 2 is 1.60 bits per heavy atom. The number of benzene rings is 1. The van der Waals surface area contributed by atoms with E-state index in [4.69, 9.17) is 0 Å². The molecule has 0 saturated heterocycles. The molecule has 0 radical (unpaired) electrons. The van der Waals surface area contributed by atoms with Gasteiger partial charge in [-0.3, -0.25) is 14.4 Å². The van der Waals surface area contributed by atoms with Crippen molar-refractivity contribution in [2.24, 2.45) is 11.8 Å². The Balaban J connectivity index is 1.85. The molecule has 1 aromatic rings. The smallest absolute Gasteiger partial charge is 0.227 e. The lowest BCUT2D eigenvalue weighted by Gasteiger charge is -2.27. The maximum absolute atomic E-state index is 12.4. The Morgan fingerprint density at radius 3 is 2.16 bits per heavy atom. The van der Waals surface area contributed by atoms with Gasteiger partial charge < -0.3 is 16.0 Å². The van der Waals surface area contributed by atoms with Crippen LogP contribution in [0.5, 0.6) is 0 Å². The molecule has 1 aliphatic rings. The second-order valence-electron chi connectivity index (χ2n) is 6.33. The predicted octanol–water partition coefficient (Wildman–Crippen LogP) is 2.69. The third-order valence-electron chi connectivity index (χ3n) is 4.34. The lowest BCUT2D eigenvalue weighted by Crippen LogP contribution is -2.35. The lowest BCUT2D eigenvalue weighted by molar-refractivity contribution is -0.128. The molecule has 0 aromatic heterocycles. The largest absolute Gasteiger partial charge is 0.352 e. The van der Waals surface area contributed by atoms with Crippen molar-refractivity contribution in [1.29, 1.82) is 0 Å². The van der Waals surface area contributed by atoms with Gasteiger partial charge >= 0.3 is 0 Å². The molecule has 1 aromatic carbocycles. The summed E-state index contributed by atoms with van der Waals surface area (Å²) in [5.74, 6) is -0.261. The zero-order valence-electron chi connectivity index (χ0n) is 14.5. The normalized spacial score (nSPS) is 19.6. The highest BCUT2D eigenvalue weighted by molar-refractivity contribution is 5.94. The van der Waals surface area contributed by atoms with Crippen LogP contribution >= 0.6 is 0 Å². The first-order chi connectivity index (χ1) is 12.0. The highest BCUT2D eigenvalue weighted by Crippen LogP contribution is 2.30. The number of nitrogens with one attached hydrogen (secondary N) is 3. The summed E-state index contributed by atoms with van der Waals surface area (Å²) in [5.41, 5.74) is 1.30. The Bertz CT molecular complexity index is 649. The van der Waals surface area contributed by atoms with Crippen molar-refractivity contribution in [3.8, 4) is 0 Å². The third kappa shape index (κ3) is 5.74. The van der Waals surface area contributed by atoms with Crippen molar-refractivity contribution in [2.45, 2.75) is 32.6 Å². The molecule has 0 bridgehead atoms. The first kappa shape index (κ1) is 18.7. The topological polar surface area (TPSA) is 87.3 Å². The Labute approximate surface area is 148 Å². The van der Waals surface area contributed by atoms with Crippen LogP contribution in [0.4, 0.5) is 11.4 Å². The molecular weight excluding hydrogens is 318 g/mol. The van der Waals surface area contributed by atoms with E-state index in [9.17, 15) is 14.4 Å². The summed E-state index contributed by atoms with van der Waals surface area (Å²) in [4.78, 5) is 35.5. The standard InChI is InChI=1S/C19H25N3O3/c1-3-11-20-18(24)14-7-9-15(10-8-14)19(25)22-17-6-4-5-16(12-17)21-13(2)23/h3-6,12,14-15H,1,7-11H2,2H3,(H,20,24)(H,21,23)(H,22,25). The van der Waals surface area contributed by atoms with Crippen LogP contribution in [0, 0.1) is 11.8 Å². The van der Waals surface area contributed by atoms with E-state index in [-0.39, 0.29) is 29.6 Å². The Kier molecular flexibility index (Phi) is 6.74. The number of hydrogen-bond donors (Lipinski definition) is 3. The minimum atomic E-state index is -0.156. The van der Waals surface area contributed by atoms with Crippen LogP contribution < -0.4 is 16.0 Å². The summed E-state index contributed by atoms with van der Waals surface area (Å²) >= 11 is 0.